The van der Waals surface area contributed by atoms with E-state index in [4.69, 9.17) is 17.0 Å². The molecular formula is C21H23Cl2Zr-. The van der Waals surface area contributed by atoms with Crippen LogP contribution in [0.5, 0.6) is 0 Å². The van der Waals surface area contributed by atoms with Gasteiger partial charge in [-0.1, -0.05) is 53.8 Å². The molecule has 0 aromatic heterocycles. The van der Waals surface area contributed by atoms with Gasteiger partial charge in [0, 0.05) is 0 Å². The number of benzene rings is 2. The first kappa shape index (κ1) is 19.8. The Labute approximate surface area is 164 Å². The van der Waals surface area contributed by atoms with Gasteiger partial charge in [-0.25, -0.2) is 0 Å². The van der Waals surface area contributed by atoms with Gasteiger partial charge in [-0.3, -0.25) is 0 Å². The topological polar surface area (TPSA) is 0 Å². The van der Waals surface area contributed by atoms with Gasteiger partial charge in [-0.15, -0.1) is 34.5 Å². The van der Waals surface area contributed by atoms with Crippen LogP contribution in [0.3, 0.4) is 0 Å². The molecule has 3 heteroatoms. The summed E-state index contributed by atoms with van der Waals surface area (Å²) in [6, 6.07) is 16.1. The summed E-state index contributed by atoms with van der Waals surface area (Å²) >= 11 is -0.826. The molecule has 0 unspecified atom stereocenters. The average Bonchev–Trinajstić information content (AvgIpc) is 2.89. The van der Waals surface area contributed by atoms with Gasteiger partial charge in [0.25, 0.3) is 0 Å². The summed E-state index contributed by atoms with van der Waals surface area (Å²) in [6.45, 7) is 8.83. The molecule has 0 fully saturated rings. The van der Waals surface area contributed by atoms with E-state index in [9.17, 15) is 0 Å². The summed E-state index contributed by atoms with van der Waals surface area (Å²) in [5.74, 6) is 0. The molecule has 0 amide bonds. The fourth-order valence-corrected chi connectivity index (χ4v) is 3.39. The van der Waals surface area contributed by atoms with Crippen LogP contribution in [0.4, 0.5) is 0 Å². The zero-order valence-corrected chi connectivity index (χ0v) is 18.7. The van der Waals surface area contributed by atoms with Crippen LogP contribution in [0.25, 0.3) is 21.9 Å². The molecule has 126 valence electrons. The van der Waals surface area contributed by atoms with Crippen LogP contribution in [0, 0.1) is 20.8 Å². The molecule has 0 nitrogen and oxygen atoms in total. The van der Waals surface area contributed by atoms with Crippen LogP contribution in [0.1, 0.15) is 35.6 Å². The summed E-state index contributed by atoms with van der Waals surface area (Å²) in [4.78, 5) is 0. The molecule has 0 saturated heterocycles. The number of rotatable bonds is 3. The fourth-order valence-electron chi connectivity index (χ4n) is 3.39. The van der Waals surface area contributed by atoms with Crippen LogP contribution in [-0.2, 0) is 27.3 Å². The van der Waals surface area contributed by atoms with Crippen molar-refractivity contribution in [3.63, 3.8) is 0 Å². The first-order chi connectivity index (χ1) is 11.5. The Morgan fingerprint density at radius 3 is 2.17 bits per heavy atom. The van der Waals surface area contributed by atoms with Crippen molar-refractivity contribution in [1.82, 2.24) is 0 Å². The summed E-state index contributed by atoms with van der Waals surface area (Å²) < 4.78 is 0. The van der Waals surface area contributed by atoms with Gasteiger partial charge in [0.05, 0.1) is 0 Å². The third kappa shape index (κ3) is 4.78. The Morgan fingerprint density at radius 1 is 0.958 bits per heavy atom. The van der Waals surface area contributed by atoms with Gasteiger partial charge in [0.2, 0.25) is 0 Å². The van der Waals surface area contributed by atoms with Gasteiger partial charge in [-0.05, 0) is 32.8 Å². The minimum atomic E-state index is -0.826. The monoisotopic (exact) mass is 435 g/mol. The standard InChI is InChI=1S/C21H23.2ClH.Zr/c1-5-6-17-12-18-8-7-16(4)21(20(18)13-17)19-10-14(2)9-15(3)11-19;;;/h7-13H,5-6H2,1-4H3;2*1H;/q-1;;;+2/p-2. The number of hydrogen-bond acceptors (Lipinski definition) is 0. The van der Waals surface area contributed by atoms with Crippen molar-refractivity contribution < 1.29 is 20.8 Å². The third-order valence-corrected chi connectivity index (χ3v) is 4.21. The number of fused-ring (bicyclic) bond motifs is 1. The van der Waals surface area contributed by atoms with Gasteiger partial charge in [0.1, 0.15) is 0 Å². The van der Waals surface area contributed by atoms with Crippen LogP contribution in [-0.4, -0.2) is 0 Å². The summed E-state index contributed by atoms with van der Waals surface area (Å²) in [5, 5.41) is 2.78. The molecule has 0 bridgehead atoms. The van der Waals surface area contributed by atoms with Gasteiger partial charge < -0.3 is 0 Å². The molecule has 0 atom stereocenters. The van der Waals surface area contributed by atoms with E-state index in [2.05, 4.69) is 70.2 Å². The number of hydrogen-bond donors (Lipinski definition) is 0. The molecule has 0 N–H and O–H groups in total. The molecule has 0 heterocycles. The van der Waals surface area contributed by atoms with E-state index in [0.717, 1.165) is 0 Å². The van der Waals surface area contributed by atoms with Crippen LogP contribution >= 0.6 is 17.0 Å². The van der Waals surface area contributed by atoms with E-state index in [1.807, 2.05) is 0 Å². The first-order valence-corrected chi connectivity index (χ1v) is 14.6. The zero-order valence-electron chi connectivity index (χ0n) is 14.7. The van der Waals surface area contributed by atoms with Gasteiger partial charge >= 0.3 is 37.9 Å². The van der Waals surface area contributed by atoms with E-state index >= 15 is 0 Å². The maximum absolute atomic E-state index is 4.93. The predicted molar refractivity (Wildman–Crippen MR) is 105 cm³/mol. The van der Waals surface area contributed by atoms with Crippen molar-refractivity contribution in [3.05, 3.63) is 64.7 Å². The van der Waals surface area contributed by atoms with Crippen LogP contribution in [0.2, 0.25) is 0 Å². The van der Waals surface area contributed by atoms with Crippen LogP contribution < -0.4 is 0 Å². The number of aryl methyl sites for hydroxylation is 4. The molecule has 24 heavy (non-hydrogen) atoms. The SMILES string of the molecule is CCCc1cc2c(-c3cc(C)cc(C)c3)c(C)ccc2[cH-]1.[Cl][Zr][Cl]. The average molecular weight is 438 g/mol. The van der Waals surface area contributed by atoms with Crippen molar-refractivity contribution in [1.29, 1.82) is 0 Å². The Bertz CT molecular complexity index is 798. The quantitative estimate of drug-likeness (QED) is 0.373. The van der Waals surface area contributed by atoms with Crippen molar-refractivity contribution in [2.24, 2.45) is 0 Å². The molecule has 3 rings (SSSR count). The fraction of sp³-hybridized carbons (Fsp3) is 0.286. The molecule has 0 saturated carbocycles. The number of halogens is 2. The van der Waals surface area contributed by atoms with E-state index in [0.29, 0.717) is 0 Å². The second kappa shape index (κ2) is 9.28. The van der Waals surface area contributed by atoms with Crippen molar-refractivity contribution in [2.75, 3.05) is 0 Å². The normalized spacial score (nSPS) is 10.4. The van der Waals surface area contributed by atoms with E-state index in [-0.39, 0.29) is 0 Å². The van der Waals surface area contributed by atoms with Gasteiger partial charge in [-0.2, -0.15) is 6.07 Å². The van der Waals surface area contributed by atoms with E-state index in [1.54, 1.807) is 0 Å². The second-order valence-electron chi connectivity index (χ2n) is 6.32. The summed E-state index contributed by atoms with van der Waals surface area (Å²) in [6.07, 6.45) is 2.37. The first-order valence-electron chi connectivity index (χ1n) is 8.24. The maximum atomic E-state index is 4.93. The minimum absolute atomic E-state index is 0.826. The zero-order chi connectivity index (χ0) is 17.7. The molecule has 3 aromatic rings. The molecule has 0 aliphatic rings. The van der Waals surface area contributed by atoms with Crippen molar-refractivity contribution >= 4 is 27.8 Å². The van der Waals surface area contributed by atoms with Crippen molar-refractivity contribution in [2.45, 2.75) is 40.5 Å². The second-order valence-corrected chi connectivity index (χ2v) is 10.1. The Hall–Kier alpha value is -0.487. The third-order valence-electron chi connectivity index (χ3n) is 4.21. The van der Waals surface area contributed by atoms with Gasteiger partial charge in [0.15, 0.2) is 0 Å². The van der Waals surface area contributed by atoms with E-state index in [1.165, 1.54) is 57.0 Å². The van der Waals surface area contributed by atoms with E-state index < -0.39 is 20.8 Å². The van der Waals surface area contributed by atoms with Crippen LogP contribution in [0.15, 0.2) is 42.5 Å². The molecule has 3 aromatic carbocycles. The molecule has 0 aliphatic carbocycles. The Balaban J connectivity index is 0.000000647. The van der Waals surface area contributed by atoms with Crippen molar-refractivity contribution in [3.8, 4) is 11.1 Å². The Kier molecular flexibility index (Phi) is 7.67. The predicted octanol–water partition coefficient (Wildman–Crippen LogP) is 7.48. The molecular weight excluding hydrogens is 414 g/mol. The molecule has 0 radical (unpaired) electrons. The Morgan fingerprint density at radius 2 is 1.58 bits per heavy atom. The molecule has 0 spiro atoms. The molecule has 0 aliphatic heterocycles. The summed E-state index contributed by atoms with van der Waals surface area (Å²) in [5.41, 5.74) is 8.25. The summed E-state index contributed by atoms with van der Waals surface area (Å²) in [7, 11) is 9.87.